The monoisotopic (exact) mass is 446 g/mol. The molecule has 0 rings (SSSR count). The summed E-state index contributed by atoms with van der Waals surface area (Å²) in [5, 5.41) is 8.58. The van der Waals surface area contributed by atoms with Gasteiger partial charge < -0.3 is 19.4 Å². The highest BCUT2D eigenvalue weighted by Gasteiger charge is 2.48. The van der Waals surface area contributed by atoms with Gasteiger partial charge in [0.15, 0.2) is 0 Å². The Kier molecular flexibility index (Phi) is 16.0. The van der Waals surface area contributed by atoms with Crippen LogP contribution >= 0.6 is 7.60 Å². The summed E-state index contributed by atoms with van der Waals surface area (Å²) < 4.78 is 12.1. The molecule has 1 unspecified atom stereocenters. The zero-order valence-electron chi connectivity index (χ0n) is 20.1. The van der Waals surface area contributed by atoms with E-state index in [4.69, 9.17) is 0 Å². The second-order valence-corrected chi connectivity index (χ2v) is 11.6. The van der Waals surface area contributed by atoms with Crippen molar-refractivity contribution in [1.29, 1.82) is 0 Å². The van der Waals surface area contributed by atoms with Gasteiger partial charge in [-0.15, -0.1) is 0 Å². The molecule has 0 fully saturated rings. The van der Waals surface area contributed by atoms with E-state index >= 15 is 0 Å². The van der Waals surface area contributed by atoms with Crippen molar-refractivity contribution >= 4 is 7.60 Å². The molecule has 178 valence electrons. The fourth-order valence-electron chi connectivity index (χ4n) is 3.59. The summed E-state index contributed by atoms with van der Waals surface area (Å²) >= 11 is 0. The average Bonchev–Trinajstić information content (AvgIpc) is 2.62. The standard InChI is InChI=1S/C24H48NO4P/c1-5-6-7-8-9-10-11-12-13-14-15-16-17-18-19-20-21-22-24(26,30(27,28)29)23-25(2,3)4/h8-9,17-18,26H,5-7,10-16,19-23H2,1-4H3,(H-,27,28,29)/p+1/b9-8-,18-17-. The average molecular weight is 447 g/mol. The van der Waals surface area contributed by atoms with Crippen LogP contribution in [0.2, 0.25) is 0 Å². The van der Waals surface area contributed by atoms with Crippen molar-refractivity contribution in [3.05, 3.63) is 24.3 Å². The number of hydrogen-bond acceptors (Lipinski definition) is 2. The number of rotatable bonds is 19. The smallest absolute Gasteiger partial charge is 0.362 e. The van der Waals surface area contributed by atoms with Crippen molar-refractivity contribution in [2.24, 2.45) is 0 Å². The van der Waals surface area contributed by atoms with Gasteiger partial charge >= 0.3 is 7.60 Å². The number of nitrogens with zero attached hydrogens (tertiary/aromatic N) is 1. The highest BCUT2D eigenvalue weighted by Crippen LogP contribution is 2.52. The van der Waals surface area contributed by atoms with E-state index in [1.807, 2.05) is 21.1 Å². The van der Waals surface area contributed by atoms with Crippen LogP contribution in [0.4, 0.5) is 0 Å². The van der Waals surface area contributed by atoms with Gasteiger partial charge in [0.2, 0.25) is 5.34 Å². The molecule has 1 atom stereocenters. The lowest BCUT2D eigenvalue weighted by Gasteiger charge is -2.35. The molecule has 0 aliphatic heterocycles. The molecule has 0 spiro atoms. The lowest BCUT2D eigenvalue weighted by Crippen LogP contribution is -2.49. The Labute approximate surface area is 186 Å². The number of hydrogen-bond donors (Lipinski definition) is 3. The Morgan fingerprint density at radius 2 is 1.13 bits per heavy atom. The zero-order chi connectivity index (χ0) is 22.9. The number of quaternary nitrogens is 1. The molecule has 0 aromatic rings. The van der Waals surface area contributed by atoms with E-state index < -0.39 is 12.9 Å². The van der Waals surface area contributed by atoms with Gasteiger partial charge in [0.1, 0.15) is 6.54 Å². The number of allylic oxidation sites excluding steroid dienone is 4. The molecule has 30 heavy (non-hydrogen) atoms. The van der Waals surface area contributed by atoms with Gasteiger partial charge in [0.25, 0.3) is 0 Å². The molecule has 0 heterocycles. The van der Waals surface area contributed by atoms with Crippen molar-refractivity contribution in [3.8, 4) is 0 Å². The first-order chi connectivity index (χ1) is 14.0. The van der Waals surface area contributed by atoms with Crippen LogP contribution in [0.3, 0.4) is 0 Å². The fourth-order valence-corrected chi connectivity index (χ4v) is 4.65. The van der Waals surface area contributed by atoms with E-state index in [1.165, 1.54) is 57.8 Å². The van der Waals surface area contributed by atoms with E-state index in [0.29, 0.717) is 10.9 Å². The molecule has 0 aliphatic rings. The van der Waals surface area contributed by atoms with Crippen LogP contribution in [-0.4, -0.2) is 52.4 Å². The Hall–Kier alpha value is -0.450. The van der Waals surface area contributed by atoms with Crippen LogP contribution in [0.15, 0.2) is 24.3 Å². The summed E-state index contributed by atoms with van der Waals surface area (Å²) in [6, 6.07) is 0. The maximum atomic E-state index is 11.8. The van der Waals surface area contributed by atoms with Crippen LogP contribution < -0.4 is 0 Å². The minimum absolute atomic E-state index is 0.0439. The predicted molar refractivity (Wildman–Crippen MR) is 128 cm³/mol. The van der Waals surface area contributed by atoms with Gasteiger partial charge in [0.05, 0.1) is 21.1 Å². The SMILES string of the molecule is CCCC/C=C\CCCCCCC/C=C\CCCCC(O)(C[N+](C)(C)C)P(=O)(O)O. The van der Waals surface area contributed by atoms with Gasteiger partial charge in [0, 0.05) is 0 Å². The molecule has 0 aromatic carbocycles. The second-order valence-electron chi connectivity index (χ2n) is 9.65. The summed E-state index contributed by atoms with van der Waals surface area (Å²) in [7, 11) is 0.928. The zero-order valence-corrected chi connectivity index (χ0v) is 21.0. The maximum Gasteiger partial charge on any atom is 0.362 e. The predicted octanol–water partition coefficient (Wildman–Crippen LogP) is 6.15. The Morgan fingerprint density at radius 3 is 1.53 bits per heavy atom. The molecule has 0 aliphatic carbocycles. The van der Waals surface area contributed by atoms with Crippen LogP contribution in [-0.2, 0) is 4.57 Å². The highest BCUT2D eigenvalue weighted by molar-refractivity contribution is 7.53. The third-order valence-corrected chi connectivity index (χ3v) is 6.72. The topological polar surface area (TPSA) is 77.8 Å². The van der Waals surface area contributed by atoms with E-state index in [1.54, 1.807) is 0 Å². The van der Waals surface area contributed by atoms with Crippen LogP contribution in [0.5, 0.6) is 0 Å². The molecule has 0 saturated carbocycles. The molecule has 0 aromatic heterocycles. The number of likely N-dealkylation sites (N-methyl/N-ethyl adjacent to an activating group) is 1. The molecular weight excluding hydrogens is 397 g/mol. The van der Waals surface area contributed by atoms with Gasteiger partial charge in [-0.2, -0.15) is 0 Å². The minimum Gasteiger partial charge on any atom is -0.373 e. The van der Waals surface area contributed by atoms with Crippen molar-refractivity contribution in [1.82, 2.24) is 0 Å². The van der Waals surface area contributed by atoms with Gasteiger partial charge in [-0.1, -0.05) is 63.3 Å². The number of aliphatic hydroxyl groups is 1. The summed E-state index contributed by atoms with van der Waals surface area (Å²) in [5.74, 6) is 0. The Morgan fingerprint density at radius 1 is 0.733 bits per heavy atom. The molecular formula is C24H49NO4P+. The largest absolute Gasteiger partial charge is 0.373 e. The lowest BCUT2D eigenvalue weighted by atomic mass is 10.1. The summed E-state index contributed by atoms with van der Waals surface area (Å²) in [6.07, 6.45) is 24.1. The second kappa shape index (κ2) is 16.2. The van der Waals surface area contributed by atoms with Crippen LogP contribution in [0.1, 0.15) is 96.8 Å². The third-order valence-electron chi connectivity index (χ3n) is 5.27. The van der Waals surface area contributed by atoms with Gasteiger partial charge in [-0.3, -0.25) is 4.57 Å². The van der Waals surface area contributed by atoms with Crippen LogP contribution in [0, 0.1) is 0 Å². The van der Waals surface area contributed by atoms with Crippen LogP contribution in [0.25, 0.3) is 0 Å². The number of unbranched alkanes of at least 4 members (excludes halogenated alkanes) is 10. The normalized spacial score (nSPS) is 15.3. The first-order valence-corrected chi connectivity index (χ1v) is 13.5. The maximum absolute atomic E-state index is 11.8. The van der Waals surface area contributed by atoms with Crippen molar-refractivity contribution < 1.29 is 23.9 Å². The molecule has 5 nitrogen and oxygen atoms in total. The molecule has 0 saturated heterocycles. The lowest BCUT2D eigenvalue weighted by molar-refractivity contribution is -0.875. The van der Waals surface area contributed by atoms with Crippen molar-refractivity contribution in [2.45, 2.75) is 102 Å². The fraction of sp³-hybridized carbons (Fsp3) is 0.833. The van der Waals surface area contributed by atoms with E-state index in [2.05, 4.69) is 31.2 Å². The molecule has 0 bridgehead atoms. The van der Waals surface area contributed by atoms with Gasteiger partial charge in [-0.25, -0.2) is 0 Å². The third kappa shape index (κ3) is 16.3. The van der Waals surface area contributed by atoms with Crippen molar-refractivity contribution in [3.63, 3.8) is 0 Å². The van der Waals surface area contributed by atoms with Crippen molar-refractivity contribution in [2.75, 3.05) is 27.7 Å². The molecule has 3 N–H and O–H groups in total. The molecule has 6 heteroatoms. The Bertz CT molecular complexity index is 522. The first-order valence-electron chi connectivity index (χ1n) is 11.9. The summed E-state index contributed by atoms with van der Waals surface area (Å²) in [4.78, 5) is 19.1. The molecule has 0 amide bonds. The quantitative estimate of drug-likeness (QED) is 0.0962. The van der Waals surface area contributed by atoms with E-state index in [9.17, 15) is 19.5 Å². The highest BCUT2D eigenvalue weighted by atomic mass is 31.2. The Balaban J connectivity index is 3.75. The minimum atomic E-state index is -4.56. The van der Waals surface area contributed by atoms with E-state index in [-0.39, 0.29) is 13.0 Å². The molecule has 0 radical (unpaired) electrons. The first kappa shape index (κ1) is 29.5. The van der Waals surface area contributed by atoms with Gasteiger partial charge in [-0.05, 0) is 57.8 Å². The van der Waals surface area contributed by atoms with E-state index in [0.717, 1.165) is 19.3 Å². The summed E-state index contributed by atoms with van der Waals surface area (Å²) in [5.41, 5.74) is 0. The summed E-state index contributed by atoms with van der Waals surface area (Å²) in [6.45, 7) is 2.27.